The molecule has 1 N–H and O–H groups in total. The maximum Gasteiger partial charge on any atom is 0.224 e. The number of rotatable bonds is 5. The molecular weight excluding hydrogens is 280 g/mol. The van der Waals surface area contributed by atoms with Crippen LogP contribution in [0.4, 0.5) is 0 Å². The number of nitrogens with zero attached hydrogens (tertiary/aromatic N) is 1. The van der Waals surface area contributed by atoms with Crippen molar-refractivity contribution in [3.05, 3.63) is 52.0 Å². The summed E-state index contributed by atoms with van der Waals surface area (Å²) in [6.07, 6.45) is 2.73. The first-order valence-corrected chi connectivity index (χ1v) is 8.29. The summed E-state index contributed by atoms with van der Waals surface area (Å²) in [5, 5.41) is 5.87. The number of hydrogen-bond donors (Lipinski definition) is 1. The first-order valence-electron chi connectivity index (χ1n) is 7.41. The van der Waals surface area contributed by atoms with Crippen molar-refractivity contribution in [2.75, 3.05) is 0 Å². The molecule has 1 aromatic carbocycles. The van der Waals surface area contributed by atoms with Gasteiger partial charge in [0.15, 0.2) is 0 Å². The number of amides is 1. The van der Waals surface area contributed by atoms with Crippen molar-refractivity contribution in [3.8, 4) is 0 Å². The summed E-state index contributed by atoms with van der Waals surface area (Å²) in [5.41, 5.74) is 2.64. The maximum absolute atomic E-state index is 12.1. The van der Waals surface area contributed by atoms with Crippen LogP contribution in [0.15, 0.2) is 35.8 Å². The molecule has 21 heavy (non-hydrogen) atoms. The fraction of sp³-hybridized carbons (Fsp3) is 0.412. The van der Waals surface area contributed by atoms with Gasteiger partial charge in [-0.15, -0.1) is 11.3 Å². The molecular formula is C17H20N2OS. The van der Waals surface area contributed by atoms with Crippen LogP contribution in [0.25, 0.3) is 0 Å². The van der Waals surface area contributed by atoms with E-state index in [1.807, 2.05) is 5.38 Å². The highest BCUT2D eigenvalue weighted by atomic mass is 32.1. The van der Waals surface area contributed by atoms with Crippen LogP contribution in [0, 0.1) is 5.92 Å². The average Bonchev–Trinajstić information content (AvgIpc) is 3.12. The van der Waals surface area contributed by atoms with E-state index < -0.39 is 0 Å². The van der Waals surface area contributed by atoms with Crippen LogP contribution >= 0.6 is 11.3 Å². The van der Waals surface area contributed by atoms with Gasteiger partial charge in [0.05, 0.1) is 6.54 Å². The van der Waals surface area contributed by atoms with E-state index in [0.29, 0.717) is 18.4 Å². The van der Waals surface area contributed by atoms with Crippen LogP contribution in [0.5, 0.6) is 0 Å². The molecule has 1 aromatic heterocycles. The summed E-state index contributed by atoms with van der Waals surface area (Å²) in [5.74, 6) is 1.23. The highest BCUT2D eigenvalue weighted by Gasteiger charge is 2.43. The summed E-state index contributed by atoms with van der Waals surface area (Å²) in [6, 6.07) is 8.72. The summed E-state index contributed by atoms with van der Waals surface area (Å²) in [6.45, 7) is 4.94. The molecule has 1 aliphatic carbocycles. The minimum Gasteiger partial charge on any atom is -0.349 e. The fourth-order valence-corrected chi connectivity index (χ4v) is 3.17. The third kappa shape index (κ3) is 3.32. The second kappa shape index (κ2) is 5.98. The van der Waals surface area contributed by atoms with Crippen molar-refractivity contribution >= 4 is 17.2 Å². The second-order valence-corrected chi connectivity index (χ2v) is 6.89. The number of thiazole rings is 1. The molecule has 1 aliphatic rings. The molecule has 1 fully saturated rings. The van der Waals surface area contributed by atoms with Crippen molar-refractivity contribution < 1.29 is 4.79 Å². The molecule has 2 atom stereocenters. The summed E-state index contributed by atoms with van der Waals surface area (Å²) >= 11 is 1.57. The van der Waals surface area contributed by atoms with Gasteiger partial charge in [0.1, 0.15) is 5.01 Å². The van der Waals surface area contributed by atoms with Crippen LogP contribution in [-0.2, 0) is 11.3 Å². The fourth-order valence-electron chi connectivity index (χ4n) is 2.62. The van der Waals surface area contributed by atoms with E-state index in [4.69, 9.17) is 0 Å². The van der Waals surface area contributed by atoms with Gasteiger partial charge in [0, 0.05) is 17.5 Å². The lowest BCUT2D eigenvalue weighted by Crippen LogP contribution is -2.24. The molecule has 0 saturated heterocycles. The van der Waals surface area contributed by atoms with Crippen LogP contribution in [0.1, 0.15) is 48.2 Å². The van der Waals surface area contributed by atoms with Crippen molar-refractivity contribution in [1.82, 2.24) is 10.3 Å². The molecule has 0 aliphatic heterocycles. The van der Waals surface area contributed by atoms with E-state index in [-0.39, 0.29) is 11.8 Å². The van der Waals surface area contributed by atoms with Crippen molar-refractivity contribution in [3.63, 3.8) is 0 Å². The molecule has 110 valence electrons. The summed E-state index contributed by atoms with van der Waals surface area (Å²) in [7, 11) is 0. The predicted octanol–water partition coefficient (Wildman–Crippen LogP) is 3.69. The highest BCUT2D eigenvalue weighted by molar-refractivity contribution is 7.09. The third-order valence-electron chi connectivity index (χ3n) is 4.06. The van der Waals surface area contributed by atoms with Gasteiger partial charge in [-0.25, -0.2) is 4.98 Å². The van der Waals surface area contributed by atoms with Crippen molar-refractivity contribution in [2.24, 2.45) is 5.92 Å². The minimum atomic E-state index is 0.134. The van der Waals surface area contributed by atoms with E-state index in [0.717, 1.165) is 11.4 Å². The maximum atomic E-state index is 12.1. The van der Waals surface area contributed by atoms with Gasteiger partial charge in [0.2, 0.25) is 5.91 Å². The Hall–Kier alpha value is -1.68. The van der Waals surface area contributed by atoms with Crippen LogP contribution in [0.2, 0.25) is 0 Å². The van der Waals surface area contributed by atoms with Gasteiger partial charge in [-0.1, -0.05) is 38.1 Å². The number of benzene rings is 1. The predicted molar refractivity (Wildman–Crippen MR) is 85.3 cm³/mol. The molecule has 0 radical (unpaired) electrons. The molecule has 0 spiro atoms. The lowest BCUT2D eigenvalue weighted by atomic mass is 10.00. The van der Waals surface area contributed by atoms with Crippen LogP contribution in [0.3, 0.4) is 0 Å². The van der Waals surface area contributed by atoms with Crippen molar-refractivity contribution in [2.45, 2.75) is 38.6 Å². The standard InChI is InChI=1S/C17H20N2OS/c1-11(2)12-3-5-13(6-4-12)14-9-15(14)17(20)19-10-16-18-7-8-21-16/h3-8,11,14-15H,9-10H2,1-2H3,(H,19,20)/t14-,15+/m1/s1. The monoisotopic (exact) mass is 300 g/mol. The minimum absolute atomic E-state index is 0.134. The number of carbonyl (C=O) groups excluding carboxylic acids is 1. The zero-order valence-corrected chi connectivity index (χ0v) is 13.2. The first-order chi connectivity index (χ1) is 10.1. The molecule has 0 bridgehead atoms. The molecule has 3 nitrogen and oxygen atoms in total. The number of hydrogen-bond acceptors (Lipinski definition) is 3. The molecule has 1 heterocycles. The van der Waals surface area contributed by atoms with E-state index in [9.17, 15) is 4.79 Å². The molecule has 2 aromatic rings. The number of carbonyl (C=O) groups is 1. The Morgan fingerprint density at radius 3 is 2.76 bits per heavy atom. The normalized spacial score (nSPS) is 20.5. The van der Waals surface area contributed by atoms with Gasteiger partial charge in [-0.2, -0.15) is 0 Å². The summed E-state index contributed by atoms with van der Waals surface area (Å²) < 4.78 is 0. The van der Waals surface area contributed by atoms with E-state index in [1.54, 1.807) is 17.5 Å². The van der Waals surface area contributed by atoms with Crippen molar-refractivity contribution in [1.29, 1.82) is 0 Å². The molecule has 3 rings (SSSR count). The smallest absolute Gasteiger partial charge is 0.224 e. The van der Waals surface area contributed by atoms with E-state index in [1.165, 1.54) is 11.1 Å². The van der Waals surface area contributed by atoms with Crippen LogP contribution < -0.4 is 5.32 Å². The zero-order valence-electron chi connectivity index (χ0n) is 12.4. The molecule has 0 unspecified atom stereocenters. The Labute approximate surface area is 129 Å². The topological polar surface area (TPSA) is 42.0 Å². The zero-order chi connectivity index (χ0) is 14.8. The Morgan fingerprint density at radius 1 is 1.38 bits per heavy atom. The van der Waals surface area contributed by atoms with Gasteiger partial charge in [-0.05, 0) is 29.4 Å². The first kappa shape index (κ1) is 14.3. The average molecular weight is 300 g/mol. The van der Waals surface area contributed by atoms with E-state index in [2.05, 4.69) is 48.4 Å². The molecule has 4 heteroatoms. The van der Waals surface area contributed by atoms with Crippen LogP contribution in [-0.4, -0.2) is 10.9 Å². The Kier molecular flexibility index (Phi) is 4.06. The molecule has 1 saturated carbocycles. The lowest BCUT2D eigenvalue weighted by Gasteiger charge is -2.07. The summed E-state index contributed by atoms with van der Waals surface area (Å²) in [4.78, 5) is 16.3. The number of aromatic nitrogens is 1. The van der Waals surface area contributed by atoms with Gasteiger partial charge in [0.25, 0.3) is 0 Å². The van der Waals surface area contributed by atoms with Gasteiger partial charge < -0.3 is 5.32 Å². The SMILES string of the molecule is CC(C)c1ccc([C@H]2C[C@@H]2C(=O)NCc2nccs2)cc1. The van der Waals surface area contributed by atoms with E-state index >= 15 is 0 Å². The number of nitrogens with one attached hydrogen (secondary N) is 1. The largest absolute Gasteiger partial charge is 0.349 e. The molecule has 1 amide bonds. The van der Waals surface area contributed by atoms with Gasteiger partial charge >= 0.3 is 0 Å². The Bertz CT molecular complexity index is 604. The second-order valence-electron chi connectivity index (χ2n) is 5.91. The third-order valence-corrected chi connectivity index (χ3v) is 4.84. The Balaban J connectivity index is 1.54. The highest BCUT2D eigenvalue weighted by Crippen LogP contribution is 2.47. The van der Waals surface area contributed by atoms with Gasteiger partial charge in [-0.3, -0.25) is 4.79 Å². The lowest BCUT2D eigenvalue weighted by molar-refractivity contribution is -0.122. The quantitative estimate of drug-likeness (QED) is 0.915. The Morgan fingerprint density at radius 2 is 2.14 bits per heavy atom.